The van der Waals surface area contributed by atoms with Crippen molar-refractivity contribution in [2.24, 2.45) is 0 Å². The van der Waals surface area contributed by atoms with E-state index in [1.807, 2.05) is 0 Å². The van der Waals surface area contributed by atoms with Crippen LogP contribution in [0.1, 0.15) is 12.0 Å². The van der Waals surface area contributed by atoms with E-state index in [2.05, 4.69) is 217 Å². The van der Waals surface area contributed by atoms with E-state index in [9.17, 15) is 0 Å². The minimum atomic E-state index is 0.705. The molecule has 0 N–H and O–H groups in total. The molecule has 0 aliphatic carbocycles. The molecule has 0 amide bonds. The summed E-state index contributed by atoms with van der Waals surface area (Å²) in [5.41, 5.74) is 14.7. The van der Waals surface area contributed by atoms with Crippen molar-refractivity contribution in [1.29, 1.82) is 0 Å². The summed E-state index contributed by atoms with van der Waals surface area (Å²) in [6.07, 6.45) is 10.9. The molecule has 0 unspecified atom stereocenters. The van der Waals surface area contributed by atoms with Gasteiger partial charge in [-0.05, 0) is 87.3 Å². The first kappa shape index (κ1) is 35.1. The predicted molar refractivity (Wildman–Crippen MR) is 244 cm³/mol. The first-order chi connectivity index (χ1) is 28.8. The van der Waals surface area contributed by atoms with Crippen LogP contribution in [0.2, 0.25) is 0 Å². The summed E-state index contributed by atoms with van der Waals surface area (Å²) in [7, 11) is 0. The molecule has 58 heavy (non-hydrogen) atoms. The van der Waals surface area contributed by atoms with Crippen LogP contribution in [0.25, 0.3) is 77.7 Å². The summed E-state index contributed by atoms with van der Waals surface area (Å²) in [5.74, 6) is 0.705. The minimum absolute atomic E-state index is 0.705. The second kappa shape index (κ2) is 15.6. The van der Waals surface area contributed by atoms with E-state index in [1.165, 1.54) is 55.4 Å². The SMILES string of the molecule is C1=C\Cc2cc(-c3ccccc3)cc(-c3ccccc3)c2N(c2cccc(-c3nc(-c4ccc(-c5cccc6ccccc56)cc4)c4ccccc4n3)c2)C/C=C\C/1. The molecule has 0 atom stereocenters. The smallest absolute Gasteiger partial charge is 0.160 e. The van der Waals surface area contributed by atoms with Gasteiger partial charge in [-0.1, -0.05) is 182 Å². The number of anilines is 2. The van der Waals surface area contributed by atoms with Crippen molar-refractivity contribution in [2.45, 2.75) is 12.8 Å². The number of benzene rings is 8. The molecule has 0 spiro atoms. The molecule has 1 aliphatic rings. The largest absolute Gasteiger partial charge is 0.337 e. The maximum Gasteiger partial charge on any atom is 0.160 e. The van der Waals surface area contributed by atoms with Crippen LogP contribution in [-0.2, 0) is 6.42 Å². The fraction of sp³-hybridized carbons (Fsp3) is 0.0545. The van der Waals surface area contributed by atoms with Crippen molar-refractivity contribution >= 4 is 33.1 Å². The number of nitrogens with zero attached hydrogens (tertiary/aromatic N) is 3. The van der Waals surface area contributed by atoms with Crippen LogP contribution in [0.15, 0.2) is 212 Å². The lowest BCUT2D eigenvalue weighted by atomic mass is 9.91. The quantitative estimate of drug-likeness (QED) is 0.159. The van der Waals surface area contributed by atoms with Crippen LogP contribution in [0.3, 0.4) is 0 Å². The van der Waals surface area contributed by atoms with Gasteiger partial charge in [0.05, 0.1) is 16.9 Å². The fourth-order valence-electron chi connectivity index (χ4n) is 8.31. The van der Waals surface area contributed by atoms with Crippen molar-refractivity contribution in [3.8, 4) is 56.0 Å². The molecule has 0 saturated carbocycles. The molecule has 2 heterocycles. The molecule has 0 radical (unpaired) electrons. The Labute approximate surface area is 340 Å². The Hall–Kier alpha value is -7.36. The van der Waals surface area contributed by atoms with Crippen LogP contribution in [0, 0.1) is 0 Å². The number of hydrogen-bond donors (Lipinski definition) is 0. The monoisotopic (exact) mass is 743 g/mol. The highest BCUT2D eigenvalue weighted by atomic mass is 15.1. The van der Waals surface area contributed by atoms with E-state index in [1.54, 1.807) is 0 Å². The van der Waals surface area contributed by atoms with Crippen LogP contribution in [0.4, 0.5) is 11.4 Å². The van der Waals surface area contributed by atoms with Gasteiger partial charge in [0.1, 0.15) is 0 Å². The lowest BCUT2D eigenvalue weighted by molar-refractivity contribution is 1.06. The van der Waals surface area contributed by atoms with Crippen molar-refractivity contribution in [3.63, 3.8) is 0 Å². The highest BCUT2D eigenvalue weighted by Gasteiger charge is 2.21. The first-order valence-electron chi connectivity index (χ1n) is 20.1. The van der Waals surface area contributed by atoms with Gasteiger partial charge in [-0.15, -0.1) is 0 Å². The number of fused-ring (bicyclic) bond motifs is 3. The van der Waals surface area contributed by atoms with Crippen LogP contribution >= 0.6 is 0 Å². The zero-order valence-corrected chi connectivity index (χ0v) is 32.2. The zero-order valence-electron chi connectivity index (χ0n) is 32.2. The van der Waals surface area contributed by atoms with Gasteiger partial charge in [-0.3, -0.25) is 0 Å². The molecular formula is C55H41N3. The molecule has 3 heteroatoms. The third-order valence-corrected chi connectivity index (χ3v) is 11.2. The second-order valence-electron chi connectivity index (χ2n) is 14.8. The molecule has 9 aromatic rings. The summed E-state index contributed by atoms with van der Waals surface area (Å²) in [4.78, 5) is 13.0. The number of para-hydroxylation sites is 1. The van der Waals surface area contributed by atoms with Crippen molar-refractivity contribution < 1.29 is 0 Å². The van der Waals surface area contributed by atoms with Crippen LogP contribution in [-0.4, -0.2) is 16.5 Å². The van der Waals surface area contributed by atoms with Gasteiger partial charge in [-0.2, -0.15) is 0 Å². The van der Waals surface area contributed by atoms with Crippen LogP contribution < -0.4 is 4.90 Å². The van der Waals surface area contributed by atoms with Gasteiger partial charge in [0.15, 0.2) is 5.82 Å². The molecule has 0 bridgehead atoms. The second-order valence-corrected chi connectivity index (χ2v) is 14.8. The van der Waals surface area contributed by atoms with Crippen molar-refractivity contribution in [3.05, 3.63) is 218 Å². The summed E-state index contributed by atoms with van der Waals surface area (Å²) >= 11 is 0. The van der Waals surface area contributed by atoms with Crippen molar-refractivity contribution in [2.75, 3.05) is 11.4 Å². The predicted octanol–water partition coefficient (Wildman–Crippen LogP) is 14.3. The van der Waals surface area contributed by atoms with E-state index >= 15 is 0 Å². The molecule has 0 fully saturated rings. The van der Waals surface area contributed by atoms with Gasteiger partial charge >= 0.3 is 0 Å². The molecule has 3 nitrogen and oxygen atoms in total. The highest BCUT2D eigenvalue weighted by Crippen LogP contribution is 2.43. The van der Waals surface area contributed by atoms with Gasteiger partial charge in [0, 0.05) is 34.3 Å². The summed E-state index contributed by atoms with van der Waals surface area (Å²) < 4.78 is 0. The average molecular weight is 744 g/mol. The molecule has 0 saturated heterocycles. The molecular weight excluding hydrogens is 703 g/mol. The van der Waals surface area contributed by atoms with E-state index in [0.29, 0.717) is 5.82 Å². The molecule has 276 valence electrons. The van der Waals surface area contributed by atoms with Crippen LogP contribution in [0.5, 0.6) is 0 Å². The Bertz CT molecular complexity index is 2960. The summed E-state index contributed by atoms with van der Waals surface area (Å²) in [5, 5.41) is 3.52. The molecule has 1 aromatic heterocycles. The minimum Gasteiger partial charge on any atom is -0.337 e. The Balaban J connectivity index is 1.09. The molecule has 1 aliphatic heterocycles. The average Bonchev–Trinajstić information content (AvgIpc) is 3.30. The Morgan fingerprint density at radius 2 is 1.07 bits per heavy atom. The third-order valence-electron chi connectivity index (χ3n) is 11.2. The number of allylic oxidation sites excluding steroid dienone is 3. The maximum atomic E-state index is 5.34. The maximum absolute atomic E-state index is 5.34. The van der Waals surface area contributed by atoms with E-state index in [4.69, 9.17) is 9.97 Å². The molecule has 10 rings (SSSR count). The Morgan fingerprint density at radius 3 is 1.91 bits per heavy atom. The first-order valence-corrected chi connectivity index (χ1v) is 20.1. The van der Waals surface area contributed by atoms with E-state index in [-0.39, 0.29) is 0 Å². The van der Waals surface area contributed by atoms with E-state index in [0.717, 1.165) is 52.8 Å². The molecule has 8 aromatic carbocycles. The fourth-order valence-corrected chi connectivity index (χ4v) is 8.31. The van der Waals surface area contributed by atoms with E-state index < -0.39 is 0 Å². The number of rotatable bonds is 6. The Kier molecular flexibility index (Phi) is 9.46. The number of aromatic nitrogens is 2. The summed E-state index contributed by atoms with van der Waals surface area (Å²) in [6.45, 7) is 0.724. The lowest BCUT2D eigenvalue weighted by Gasteiger charge is -2.30. The van der Waals surface area contributed by atoms with Gasteiger partial charge in [0.2, 0.25) is 0 Å². The highest BCUT2D eigenvalue weighted by molar-refractivity contribution is 5.98. The lowest BCUT2D eigenvalue weighted by Crippen LogP contribution is -2.20. The summed E-state index contributed by atoms with van der Waals surface area (Å²) in [6, 6.07) is 67.3. The standard InChI is InChI=1S/C55H41N3/c1-2-6-23-44-36-46(39-18-7-4-8-19-39)38-51(41-20-9-5-10-21-41)54(44)58(35-15-3-1)47-26-16-25-45(37-47)55-56-52-30-14-13-28-50(52)53(57-55)43-33-31-42(32-34-43)49-29-17-24-40-22-11-12-27-48(40)49/h2-22,24-34,36-38H,1,23,35H2/b6-2-,15-3-. The van der Waals surface area contributed by atoms with Gasteiger partial charge in [-0.25, -0.2) is 9.97 Å². The Morgan fingerprint density at radius 1 is 0.414 bits per heavy atom. The zero-order chi connectivity index (χ0) is 38.7. The van der Waals surface area contributed by atoms with Gasteiger partial charge < -0.3 is 4.90 Å². The third kappa shape index (κ3) is 6.88. The topological polar surface area (TPSA) is 29.0 Å². The normalized spacial score (nSPS) is 13.9. The number of hydrogen-bond acceptors (Lipinski definition) is 3. The van der Waals surface area contributed by atoms with Gasteiger partial charge in [0.25, 0.3) is 0 Å². The van der Waals surface area contributed by atoms with Crippen molar-refractivity contribution in [1.82, 2.24) is 9.97 Å².